The van der Waals surface area contributed by atoms with E-state index in [0.717, 1.165) is 13.0 Å². The maximum absolute atomic E-state index is 11.3. The average Bonchev–Trinajstić information content (AvgIpc) is 2.28. The summed E-state index contributed by atoms with van der Waals surface area (Å²) in [5, 5.41) is 5.60. The zero-order chi connectivity index (χ0) is 12.3. The Morgan fingerprint density at radius 2 is 1.87 bits per heavy atom. The molecule has 0 heterocycles. The second-order valence-electron chi connectivity index (χ2n) is 3.11. The minimum Gasteiger partial charge on any atom is -0.346 e. The molecule has 0 aliphatic heterocycles. The Kier molecular flexibility index (Phi) is 12.3. The van der Waals surface area contributed by atoms with Crippen molar-refractivity contribution in [1.29, 1.82) is 0 Å². The van der Waals surface area contributed by atoms with Crippen molar-refractivity contribution >= 4 is 12.2 Å². The fourth-order valence-electron chi connectivity index (χ4n) is 0.837. The Balaban J connectivity index is 0. The lowest BCUT2D eigenvalue weighted by Crippen LogP contribution is -2.46. The third-order valence-electron chi connectivity index (χ3n) is 1.67. The average molecular weight is 216 g/mol. The maximum Gasteiger partial charge on any atom is 0.237 e. The Morgan fingerprint density at radius 1 is 1.33 bits per heavy atom. The highest BCUT2D eigenvalue weighted by molar-refractivity contribution is 5.83. The number of nitrogens with one attached hydrogen (secondary N) is 2. The van der Waals surface area contributed by atoms with Crippen LogP contribution in [0.5, 0.6) is 0 Å². The van der Waals surface area contributed by atoms with Crippen LogP contribution in [0.25, 0.3) is 0 Å². The van der Waals surface area contributed by atoms with Crippen LogP contribution in [0, 0.1) is 0 Å². The molecule has 0 fully saturated rings. The molecule has 4 nitrogen and oxygen atoms in total. The minimum atomic E-state index is -0.404. The molecule has 0 spiro atoms. The van der Waals surface area contributed by atoms with Gasteiger partial charge in [-0.05, 0) is 26.8 Å². The van der Waals surface area contributed by atoms with Gasteiger partial charge in [0.15, 0.2) is 0 Å². The summed E-state index contributed by atoms with van der Waals surface area (Å²) in [6, 6.07) is -0.638. The summed E-state index contributed by atoms with van der Waals surface area (Å²) >= 11 is 0. The molecule has 2 N–H and O–H groups in total. The number of carbonyl (C=O) groups excluding carboxylic acids is 2. The van der Waals surface area contributed by atoms with E-state index in [4.69, 9.17) is 0 Å². The van der Waals surface area contributed by atoms with Crippen molar-refractivity contribution in [2.75, 3.05) is 6.54 Å². The Labute approximate surface area is 92.8 Å². The highest BCUT2D eigenvalue weighted by atomic mass is 16.2. The number of rotatable bonds is 6. The smallest absolute Gasteiger partial charge is 0.237 e. The molecule has 2 unspecified atom stereocenters. The van der Waals surface area contributed by atoms with Gasteiger partial charge in [-0.15, -0.1) is 0 Å². The predicted molar refractivity (Wildman–Crippen MR) is 62.8 cm³/mol. The van der Waals surface area contributed by atoms with E-state index in [1.54, 1.807) is 13.8 Å². The molecule has 0 radical (unpaired) electrons. The van der Waals surface area contributed by atoms with Crippen molar-refractivity contribution in [3.8, 4) is 0 Å². The molecule has 4 heteroatoms. The van der Waals surface area contributed by atoms with Gasteiger partial charge in [-0.25, -0.2) is 0 Å². The number of aldehydes is 1. The Hall–Kier alpha value is -0.900. The SMILES string of the molecule is CC.CCCNC(C)C(=O)NC(C)C=O. The van der Waals surface area contributed by atoms with Crippen molar-refractivity contribution in [3.05, 3.63) is 0 Å². The summed E-state index contributed by atoms with van der Waals surface area (Å²) in [7, 11) is 0. The fourth-order valence-corrected chi connectivity index (χ4v) is 0.837. The van der Waals surface area contributed by atoms with Crippen LogP contribution in [-0.2, 0) is 9.59 Å². The molecule has 2 atom stereocenters. The molecule has 1 amide bonds. The van der Waals surface area contributed by atoms with Gasteiger partial charge < -0.3 is 15.4 Å². The summed E-state index contributed by atoms with van der Waals surface area (Å²) in [5.41, 5.74) is 0. The maximum atomic E-state index is 11.3. The van der Waals surface area contributed by atoms with Crippen molar-refractivity contribution in [2.45, 2.75) is 53.1 Å². The van der Waals surface area contributed by atoms with E-state index in [1.165, 1.54) is 0 Å². The van der Waals surface area contributed by atoms with E-state index >= 15 is 0 Å². The Morgan fingerprint density at radius 3 is 2.27 bits per heavy atom. The number of hydrogen-bond donors (Lipinski definition) is 2. The highest BCUT2D eigenvalue weighted by Gasteiger charge is 2.12. The summed E-state index contributed by atoms with van der Waals surface area (Å²) in [4.78, 5) is 21.5. The third kappa shape index (κ3) is 9.41. The second-order valence-corrected chi connectivity index (χ2v) is 3.11. The van der Waals surface area contributed by atoms with Gasteiger partial charge in [0.2, 0.25) is 5.91 Å². The van der Waals surface area contributed by atoms with Gasteiger partial charge in [0.25, 0.3) is 0 Å². The number of hydrogen-bond acceptors (Lipinski definition) is 3. The zero-order valence-corrected chi connectivity index (χ0v) is 10.5. The molecule has 90 valence electrons. The molecule has 0 aromatic carbocycles. The summed E-state index contributed by atoms with van der Waals surface area (Å²) in [5.74, 6) is -0.131. The lowest BCUT2D eigenvalue weighted by Gasteiger charge is -2.14. The molecule has 0 aliphatic carbocycles. The Bertz CT molecular complexity index is 172. The largest absolute Gasteiger partial charge is 0.346 e. The summed E-state index contributed by atoms with van der Waals surface area (Å²) in [6.45, 7) is 10.3. The van der Waals surface area contributed by atoms with E-state index in [1.807, 2.05) is 20.8 Å². The van der Waals surface area contributed by atoms with Crippen LogP contribution in [0.3, 0.4) is 0 Å². The van der Waals surface area contributed by atoms with E-state index in [-0.39, 0.29) is 11.9 Å². The first-order chi connectivity index (χ1) is 7.11. The van der Waals surface area contributed by atoms with E-state index < -0.39 is 6.04 Å². The van der Waals surface area contributed by atoms with Crippen LogP contribution in [-0.4, -0.2) is 30.8 Å². The van der Waals surface area contributed by atoms with Crippen LogP contribution in [0.15, 0.2) is 0 Å². The van der Waals surface area contributed by atoms with Gasteiger partial charge >= 0.3 is 0 Å². The quantitative estimate of drug-likeness (QED) is 0.654. The standard InChI is InChI=1S/C9H18N2O2.C2H6/c1-4-5-10-8(3)9(13)11-7(2)6-12;1-2/h6-8,10H,4-5H2,1-3H3,(H,11,13);1-2H3. The van der Waals surface area contributed by atoms with Gasteiger partial charge in [0, 0.05) is 0 Å². The normalized spacial score (nSPS) is 13.1. The molecule has 0 aromatic rings. The molecule has 0 rings (SSSR count). The zero-order valence-electron chi connectivity index (χ0n) is 10.5. The van der Waals surface area contributed by atoms with E-state index in [9.17, 15) is 9.59 Å². The molecule has 0 bridgehead atoms. The van der Waals surface area contributed by atoms with Crippen molar-refractivity contribution in [3.63, 3.8) is 0 Å². The fraction of sp³-hybridized carbons (Fsp3) is 0.818. The van der Waals surface area contributed by atoms with Crippen LogP contribution < -0.4 is 10.6 Å². The molecular formula is C11H24N2O2. The molecule has 0 aromatic heterocycles. The van der Waals surface area contributed by atoms with Crippen LogP contribution in [0.2, 0.25) is 0 Å². The number of amides is 1. The monoisotopic (exact) mass is 216 g/mol. The van der Waals surface area contributed by atoms with Crippen LogP contribution in [0.4, 0.5) is 0 Å². The molecule has 0 saturated carbocycles. The summed E-state index contributed by atoms with van der Waals surface area (Å²) in [6.07, 6.45) is 1.70. The molecule has 15 heavy (non-hydrogen) atoms. The molecular weight excluding hydrogens is 192 g/mol. The first-order valence-electron chi connectivity index (χ1n) is 5.60. The first kappa shape index (κ1) is 16.5. The highest BCUT2D eigenvalue weighted by Crippen LogP contribution is 1.84. The molecule has 0 aliphatic rings. The minimum absolute atomic E-state index is 0.131. The van der Waals surface area contributed by atoms with E-state index in [2.05, 4.69) is 10.6 Å². The van der Waals surface area contributed by atoms with Gasteiger partial charge in [-0.2, -0.15) is 0 Å². The van der Waals surface area contributed by atoms with Gasteiger partial charge in [-0.1, -0.05) is 20.8 Å². The first-order valence-corrected chi connectivity index (χ1v) is 5.60. The van der Waals surface area contributed by atoms with Crippen molar-refractivity contribution in [1.82, 2.24) is 10.6 Å². The third-order valence-corrected chi connectivity index (χ3v) is 1.67. The lowest BCUT2D eigenvalue weighted by atomic mass is 10.2. The van der Waals surface area contributed by atoms with Crippen LogP contribution in [0.1, 0.15) is 41.0 Å². The number of carbonyl (C=O) groups is 2. The van der Waals surface area contributed by atoms with Crippen molar-refractivity contribution < 1.29 is 9.59 Å². The summed E-state index contributed by atoms with van der Waals surface area (Å²) < 4.78 is 0. The van der Waals surface area contributed by atoms with Gasteiger partial charge in [0.1, 0.15) is 6.29 Å². The molecule has 0 saturated heterocycles. The van der Waals surface area contributed by atoms with E-state index in [0.29, 0.717) is 6.29 Å². The van der Waals surface area contributed by atoms with Crippen molar-refractivity contribution in [2.24, 2.45) is 0 Å². The van der Waals surface area contributed by atoms with Crippen LogP contribution >= 0.6 is 0 Å². The van der Waals surface area contributed by atoms with Gasteiger partial charge in [0.05, 0.1) is 12.1 Å². The predicted octanol–water partition coefficient (Wildman–Crippen LogP) is 1.10. The van der Waals surface area contributed by atoms with Gasteiger partial charge in [-0.3, -0.25) is 4.79 Å². The topological polar surface area (TPSA) is 58.2 Å². The second kappa shape index (κ2) is 11.2. The lowest BCUT2D eigenvalue weighted by molar-refractivity contribution is -0.125.